The summed E-state index contributed by atoms with van der Waals surface area (Å²) in [5.74, 6) is -1.09. The van der Waals surface area contributed by atoms with Crippen molar-refractivity contribution in [3.05, 3.63) is 11.9 Å². The number of H-pyrrole nitrogens is 1. The highest BCUT2D eigenvalue weighted by atomic mass is 35.5. The van der Waals surface area contributed by atoms with Crippen molar-refractivity contribution in [2.45, 2.75) is 0 Å². The fourth-order valence-corrected chi connectivity index (χ4v) is 0.467. The predicted molar refractivity (Wildman–Crippen MR) is 37.2 cm³/mol. The SMILES string of the molecule is Cl.Nc1cn[nH]c1C(=O)O. The Morgan fingerprint density at radius 2 is 2.40 bits per heavy atom. The number of hydrogen-bond acceptors (Lipinski definition) is 3. The number of carbonyl (C=O) groups is 1. The summed E-state index contributed by atoms with van der Waals surface area (Å²) in [5, 5.41) is 13.9. The van der Waals surface area contributed by atoms with Gasteiger partial charge in [-0.2, -0.15) is 5.10 Å². The fourth-order valence-electron chi connectivity index (χ4n) is 0.467. The molecule has 10 heavy (non-hydrogen) atoms. The molecule has 56 valence electrons. The molecule has 0 spiro atoms. The molecule has 0 radical (unpaired) electrons. The Balaban J connectivity index is 0.000000810. The standard InChI is InChI=1S/C4H5N3O2.ClH/c5-2-1-6-7-3(2)4(8)9;/h1H,5H2,(H,6,7)(H,8,9);1H. The lowest BCUT2D eigenvalue weighted by atomic mass is 10.4. The zero-order valence-corrected chi connectivity index (χ0v) is 5.68. The van der Waals surface area contributed by atoms with Crippen LogP contribution in [0.3, 0.4) is 0 Å². The van der Waals surface area contributed by atoms with Crippen molar-refractivity contribution in [2.75, 3.05) is 5.73 Å². The summed E-state index contributed by atoms with van der Waals surface area (Å²) in [5.41, 5.74) is 5.26. The average Bonchev–Trinajstić information content (AvgIpc) is 2.13. The maximum absolute atomic E-state index is 10.1. The van der Waals surface area contributed by atoms with Crippen LogP contribution >= 0.6 is 12.4 Å². The van der Waals surface area contributed by atoms with Gasteiger partial charge in [-0.05, 0) is 0 Å². The number of aromatic carboxylic acids is 1. The summed E-state index contributed by atoms with van der Waals surface area (Å²) in [4.78, 5) is 10.1. The number of anilines is 1. The number of aromatic nitrogens is 2. The van der Waals surface area contributed by atoms with E-state index in [0.29, 0.717) is 0 Å². The van der Waals surface area contributed by atoms with Crippen LogP contribution < -0.4 is 5.73 Å². The molecule has 0 amide bonds. The van der Waals surface area contributed by atoms with Gasteiger partial charge >= 0.3 is 5.97 Å². The molecule has 1 aromatic rings. The van der Waals surface area contributed by atoms with Gasteiger partial charge in [-0.15, -0.1) is 12.4 Å². The first-order valence-electron chi connectivity index (χ1n) is 2.24. The largest absolute Gasteiger partial charge is 0.476 e. The minimum atomic E-state index is -1.09. The maximum atomic E-state index is 10.1. The van der Waals surface area contributed by atoms with E-state index in [0.717, 1.165) is 0 Å². The van der Waals surface area contributed by atoms with Crippen LogP contribution in [0.1, 0.15) is 10.5 Å². The van der Waals surface area contributed by atoms with Crippen molar-refractivity contribution in [1.29, 1.82) is 0 Å². The third kappa shape index (κ3) is 1.38. The van der Waals surface area contributed by atoms with Gasteiger partial charge in [0.05, 0.1) is 11.9 Å². The molecular formula is C4H6ClN3O2. The van der Waals surface area contributed by atoms with Crippen LogP contribution in [0.15, 0.2) is 6.20 Å². The summed E-state index contributed by atoms with van der Waals surface area (Å²) >= 11 is 0. The first-order valence-corrected chi connectivity index (χ1v) is 2.24. The summed E-state index contributed by atoms with van der Waals surface area (Å²) in [7, 11) is 0. The van der Waals surface area contributed by atoms with Gasteiger partial charge in [-0.25, -0.2) is 4.79 Å². The molecule has 1 heterocycles. The molecule has 0 aliphatic rings. The van der Waals surface area contributed by atoms with Crippen molar-refractivity contribution in [3.63, 3.8) is 0 Å². The van der Waals surface area contributed by atoms with Crippen molar-refractivity contribution < 1.29 is 9.90 Å². The normalized spacial score (nSPS) is 8.40. The number of nitrogens with two attached hydrogens (primary N) is 1. The third-order valence-electron chi connectivity index (χ3n) is 0.883. The van der Waals surface area contributed by atoms with Crippen molar-refractivity contribution >= 4 is 24.1 Å². The molecule has 0 bridgehead atoms. The number of rotatable bonds is 1. The van der Waals surface area contributed by atoms with E-state index in [1.807, 2.05) is 0 Å². The fraction of sp³-hybridized carbons (Fsp3) is 0. The Labute approximate surface area is 62.6 Å². The van der Waals surface area contributed by atoms with E-state index < -0.39 is 5.97 Å². The zero-order chi connectivity index (χ0) is 6.85. The number of hydrogen-bond donors (Lipinski definition) is 3. The number of aromatic amines is 1. The van der Waals surface area contributed by atoms with Gasteiger partial charge in [0.15, 0.2) is 5.69 Å². The summed E-state index contributed by atoms with van der Waals surface area (Å²) in [6, 6.07) is 0. The van der Waals surface area contributed by atoms with E-state index in [1.165, 1.54) is 6.20 Å². The Bertz CT molecular complexity index is 234. The first kappa shape index (κ1) is 8.77. The molecule has 1 rings (SSSR count). The molecule has 0 fully saturated rings. The number of carboxylic acids is 1. The van der Waals surface area contributed by atoms with Crippen LogP contribution in [0.5, 0.6) is 0 Å². The van der Waals surface area contributed by atoms with Crippen LogP contribution in [-0.2, 0) is 0 Å². The van der Waals surface area contributed by atoms with E-state index in [9.17, 15) is 4.79 Å². The maximum Gasteiger partial charge on any atom is 0.356 e. The van der Waals surface area contributed by atoms with Gasteiger partial charge in [0, 0.05) is 0 Å². The lowest BCUT2D eigenvalue weighted by Gasteiger charge is -1.85. The Hall–Kier alpha value is -1.23. The van der Waals surface area contributed by atoms with Gasteiger partial charge in [-0.1, -0.05) is 0 Å². The molecule has 0 atom stereocenters. The van der Waals surface area contributed by atoms with Crippen LogP contribution in [0.4, 0.5) is 5.69 Å². The molecule has 4 N–H and O–H groups in total. The Morgan fingerprint density at radius 3 is 2.60 bits per heavy atom. The number of nitrogens with one attached hydrogen (secondary N) is 1. The number of nitrogen functional groups attached to an aromatic ring is 1. The average molecular weight is 164 g/mol. The second kappa shape index (κ2) is 3.07. The summed E-state index contributed by atoms with van der Waals surface area (Å²) in [6.45, 7) is 0. The second-order valence-corrected chi connectivity index (χ2v) is 1.51. The molecule has 0 saturated carbocycles. The highest BCUT2D eigenvalue weighted by Crippen LogP contribution is 2.03. The van der Waals surface area contributed by atoms with E-state index in [-0.39, 0.29) is 23.8 Å². The monoisotopic (exact) mass is 163 g/mol. The quantitative estimate of drug-likeness (QED) is 0.548. The predicted octanol–water partition coefficient (Wildman–Crippen LogP) is 0.112. The summed E-state index contributed by atoms with van der Waals surface area (Å²) in [6.07, 6.45) is 1.25. The van der Waals surface area contributed by atoms with Crippen LogP contribution in [0.25, 0.3) is 0 Å². The van der Waals surface area contributed by atoms with E-state index in [4.69, 9.17) is 10.8 Å². The summed E-state index contributed by atoms with van der Waals surface area (Å²) < 4.78 is 0. The smallest absolute Gasteiger partial charge is 0.356 e. The van der Waals surface area contributed by atoms with E-state index in [1.54, 1.807) is 0 Å². The second-order valence-electron chi connectivity index (χ2n) is 1.51. The number of halogens is 1. The minimum absolute atomic E-state index is 0. The Kier molecular flexibility index (Phi) is 2.69. The third-order valence-corrected chi connectivity index (χ3v) is 0.883. The van der Waals surface area contributed by atoms with Gasteiger partial charge in [0.25, 0.3) is 0 Å². The molecule has 5 nitrogen and oxygen atoms in total. The minimum Gasteiger partial charge on any atom is -0.476 e. The number of nitrogens with zero attached hydrogens (tertiary/aromatic N) is 1. The lowest BCUT2D eigenvalue weighted by Crippen LogP contribution is -2.00. The molecular weight excluding hydrogens is 158 g/mol. The molecule has 1 aromatic heterocycles. The molecule has 0 aliphatic carbocycles. The van der Waals surface area contributed by atoms with Crippen molar-refractivity contribution in [3.8, 4) is 0 Å². The topological polar surface area (TPSA) is 92.0 Å². The highest BCUT2D eigenvalue weighted by molar-refractivity contribution is 5.90. The van der Waals surface area contributed by atoms with Gasteiger partial charge in [0.2, 0.25) is 0 Å². The molecule has 6 heteroatoms. The molecule has 0 aromatic carbocycles. The molecule has 0 aliphatic heterocycles. The Morgan fingerprint density at radius 1 is 1.80 bits per heavy atom. The van der Waals surface area contributed by atoms with Crippen LogP contribution in [0.2, 0.25) is 0 Å². The van der Waals surface area contributed by atoms with Gasteiger partial charge < -0.3 is 10.8 Å². The lowest BCUT2D eigenvalue weighted by molar-refractivity contribution is 0.0691. The number of carboxylic acid groups (broad SMARTS) is 1. The van der Waals surface area contributed by atoms with E-state index in [2.05, 4.69) is 10.2 Å². The van der Waals surface area contributed by atoms with Gasteiger partial charge in [-0.3, -0.25) is 5.10 Å². The van der Waals surface area contributed by atoms with Crippen molar-refractivity contribution in [1.82, 2.24) is 10.2 Å². The molecule has 0 saturated heterocycles. The highest BCUT2D eigenvalue weighted by Gasteiger charge is 2.07. The van der Waals surface area contributed by atoms with E-state index >= 15 is 0 Å². The van der Waals surface area contributed by atoms with Crippen LogP contribution in [0, 0.1) is 0 Å². The first-order chi connectivity index (χ1) is 4.22. The molecule has 0 unspecified atom stereocenters. The zero-order valence-electron chi connectivity index (χ0n) is 4.87. The van der Waals surface area contributed by atoms with Crippen LogP contribution in [-0.4, -0.2) is 21.3 Å². The van der Waals surface area contributed by atoms with Crippen molar-refractivity contribution in [2.24, 2.45) is 0 Å². The van der Waals surface area contributed by atoms with Gasteiger partial charge in [0.1, 0.15) is 0 Å².